The zero-order chi connectivity index (χ0) is 20.0. The normalized spacial score (nSPS) is 15.2. The van der Waals surface area contributed by atoms with Crippen LogP contribution in [0.25, 0.3) is 0 Å². The lowest BCUT2D eigenvalue weighted by Crippen LogP contribution is -2.39. The van der Waals surface area contributed by atoms with E-state index < -0.39 is 0 Å². The number of hydrogen-bond donors (Lipinski definition) is 2. The standard InChI is InChI=1S/C21H29N5O2/c1-21(2,3)17-4-6-18(7-5-17)25-19(27)16-14-23-20(24-15-16)22-8-9-26-10-12-28-13-11-26/h4-7,14-15H,8-13H2,1-3H3,(H,25,27)(H,22,23,24). The van der Waals surface area contributed by atoms with Crippen LogP contribution in [0.4, 0.5) is 11.6 Å². The molecule has 2 aromatic rings. The van der Waals surface area contributed by atoms with Crippen molar-refractivity contribution in [3.8, 4) is 0 Å². The summed E-state index contributed by atoms with van der Waals surface area (Å²) >= 11 is 0. The first-order valence-electron chi connectivity index (χ1n) is 9.70. The van der Waals surface area contributed by atoms with Crippen molar-refractivity contribution in [3.05, 3.63) is 47.8 Å². The van der Waals surface area contributed by atoms with Crippen LogP contribution in [0.1, 0.15) is 36.7 Å². The lowest BCUT2D eigenvalue weighted by Gasteiger charge is -2.26. The van der Waals surface area contributed by atoms with Gasteiger partial charge < -0.3 is 15.4 Å². The van der Waals surface area contributed by atoms with E-state index in [9.17, 15) is 4.79 Å². The highest BCUT2D eigenvalue weighted by Crippen LogP contribution is 2.23. The number of carbonyl (C=O) groups is 1. The van der Waals surface area contributed by atoms with E-state index in [1.165, 1.54) is 5.56 Å². The molecule has 3 rings (SSSR count). The maximum Gasteiger partial charge on any atom is 0.258 e. The smallest absolute Gasteiger partial charge is 0.258 e. The highest BCUT2D eigenvalue weighted by atomic mass is 16.5. The Hall–Kier alpha value is -2.51. The van der Waals surface area contributed by atoms with Gasteiger partial charge in [-0.3, -0.25) is 9.69 Å². The van der Waals surface area contributed by atoms with Gasteiger partial charge in [-0.15, -0.1) is 0 Å². The van der Waals surface area contributed by atoms with Gasteiger partial charge in [0, 0.05) is 44.3 Å². The number of amides is 1. The molecule has 0 spiro atoms. The molecule has 1 aliphatic heterocycles. The first-order valence-corrected chi connectivity index (χ1v) is 9.70. The molecule has 0 aliphatic carbocycles. The fraction of sp³-hybridized carbons (Fsp3) is 0.476. The molecule has 1 amide bonds. The van der Waals surface area contributed by atoms with Gasteiger partial charge in [-0.25, -0.2) is 9.97 Å². The fourth-order valence-corrected chi connectivity index (χ4v) is 2.94. The number of rotatable bonds is 6. The number of anilines is 2. The number of morpholine rings is 1. The molecule has 28 heavy (non-hydrogen) atoms. The molecule has 7 heteroatoms. The Morgan fingerprint density at radius 3 is 2.36 bits per heavy atom. The number of aromatic nitrogens is 2. The number of nitrogens with zero attached hydrogens (tertiary/aromatic N) is 3. The van der Waals surface area contributed by atoms with Crippen molar-refractivity contribution < 1.29 is 9.53 Å². The van der Waals surface area contributed by atoms with Gasteiger partial charge in [0.05, 0.1) is 18.8 Å². The van der Waals surface area contributed by atoms with Crippen LogP contribution in [0, 0.1) is 0 Å². The van der Waals surface area contributed by atoms with Gasteiger partial charge in [0.1, 0.15) is 0 Å². The zero-order valence-corrected chi connectivity index (χ0v) is 16.9. The lowest BCUT2D eigenvalue weighted by atomic mass is 9.87. The molecule has 150 valence electrons. The summed E-state index contributed by atoms with van der Waals surface area (Å²) in [5, 5.41) is 6.08. The maximum atomic E-state index is 12.4. The molecule has 0 radical (unpaired) electrons. The Kier molecular flexibility index (Phi) is 6.59. The van der Waals surface area contributed by atoms with Gasteiger partial charge in [0.25, 0.3) is 5.91 Å². The van der Waals surface area contributed by atoms with Crippen molar-refractivity contribution in [1.29, 1.82) is 0 Å². The average Bonchev–Trinajstić information content (AvgIpc) is 2.69. The fourth-order valence-electron chi connectivity index (χ4n) is 2.94. The predicted molar refractivity (Wildman–Crippen MR) is 111 cm³/mol. The van der Waals surface area contributed by atoms with Crippen LogP contribution in [-0.4, -0.2) is 60.2 Å². The number of hydrogen-bond acceptors (Lipinski definition) is 6. The quantitative estimate of drug-likeness (QED) is 0.799. The summed E-state index contributed by atoms with van der Waals surface area (Å²) in [5.74, 6) is 0.308. The molecule has 0 atom stereocenters. The molecule has 2 heterocycles. The van der Waals surface area contributed by atoms with E-state index in [0.29, 0.717) is 11.5 Å². The summed E-state index contributed by atoms with van der Waals surface area (Å²) in [5.41, 5.74) is 2.49. The Morgan fingerprint density at radius 2 is 1.75 bits per heavy atom. The summed E-state index contributed by atoms with van der Waals surface area (Å²) in [6.07, 6.45) is 3.09. The van der Waals surface area contributed by atoms with Gasteiger partial charge in [-0.2, -0.15) is 0 Å². The third-order valence-corrected chi connectivity index (χ3v) is 4.74. The van der Waals surface area contributed by atoms with Gasteiger partial charge in [0.2, 0.25) is 5.95 Å². The Balaban J connectivity index is 1.49. The van der Waals surface area contributed by atoms with Gasteiger partial charge in [-0.1, -0.05) is 32.9 Å². The van der Waals surface area contributed by atoms with E-state index in [-0.39, 0.29) is 11.3 Å². The van der Waals surface area contributed by atoms with Crippen molar-refractivity contribution in [1.82, 2.24) is 14.9 Å². The SMILES string of the molecule is CC(C)(C)c1ccc(NC(=O)c2cnc(NCCN3CCOCC3)nc2)cc1. The Bertz CT molecular complexity index is 763. The van der Waals surface area contributed by atoms with Crippen LogP contribution in [0.15, 0.2) is 36.7 Å². The van der Waals surface area contributed by atoms with Crippen molar-refractivity contribution in [2.75, 3.05) is 50.0 Å². The van der Waals surface area contributed by atoms with Crippen molar-refractivity contribution in [2.45, 2.75) is 26.2 Å². The number of nitrogens with one attached hydrogen (secondary N) is 2. The van der Waals surface area contributed by atoms with E-state index in [2.05, 4.69) is 46.3 Å². The van der Waals surface area contributed by atoms with E-state index in [1.54, 1.807) is 12.4 Å². The minimum Gasteiger partial charge on any atom is -0.379 e. The third-order valence-electron chi connectivity index (χ3n) is 4.74. The molecule has 0 unspecified atom stereocenters. The van der Waals surface area contributed by atoms with E-state index in [0.717, 1.165) is 45.1 Å². The molecule has 1 aliphatic rings. The molecule has 7 nitrogen and oxygen atoms in total. The molecule has 0 saturated carbocycles. The highest BCUT2D eigenvalue weighted by Gasteiger charge is 2.14. The summed E-state index contributed by atoms with van der Waals surface area (Å²) < 4.78 is 5.34. The summed E-state index contributed by atoms with van der Waals surface area (Å²) in [7, 11) is 0. The van der Waals surface area contributed by atoms with Crippen LogP contribution >= 0.6 is 0 Å². The van der Waals surface area contributed by atoms with Gasteiger partial charge >= 0.3 is 0 Å². The molecule has 2 N–H and O–H groups in total. The molecule has 0 bridgehead atoms. The van der Waals surface area contributed by atoms with Crippen LogP contribution in [-0.2, 0) is 10.2 Å². The second-order valence-electron chi connectivity index (χ2n) is 7.96. The minimum atomic E-state index is -0.219. The minimum absolute atomic E-state index is 0.0843. The topological polar surface area (TPSA) is 79.4 Å². The zero-order valence-electron chi connectivity index (χ0n) is 16.9. The summed E-state index contributed by atoms with van der Waals surface area (Å²) in [6, 6.07) is 7.91. The molecular formula is C21H29N5O2. The Labute approximate surface area is 166 Å². The molecular weight excluding hydrogens is 354 g/mol. The lowest BCUT2D eigenvalue weighted by molar-refractivity contribution is 0.0398. The Morgan fingerprint density at radius 1 is 1.11 bits per heavy atom. The third kappa shape index (κ3) is 5.74. The van der Waals surface area contributed by atoms with E-state index in [1.807, 2.05) is 24.3 Å². The van der Waals surface area contributed by atoms with Gasteiger partial charge in [-0.05, 0) is 23.1 Å². The predicted octanol–water partition coefficient (Wildman–Crippen LogP) is 2.77. The average molecular weight is 383 g/mol. The number of carbonyl (C=O) groups excluding carboxylic acids is 1. The highest BCUT2D eigenvalue weighted by molar-refractivity contribution is 6.03. The van der Waals surface area contributed by atoms with Gasteiger partial charge in [0.15, 0.2) is 0 Å². The van der Waals surface area contributed by atoms with Crippen LogP contribution < -0.4 is 10.6 Å². The van der Waals surface area contributed by atoms with Crippen molar-refractivity contribution in [3.63, 3.8) is 0 Å². The van der Waals surface area contributed by atoms with Crippen LogP contribution in [0.5, 0.6) is 0 Å². The maximum absolute atomic E-state index is 12.4. The number of benzene rings is 1. The second kappa shape index (κ2) is 9.12. The largest absolute Gasteiger partial charge is 0.379 e. The monoisotopic (exact) mass is 383 g/mol. The van der Waals surface area contributed by atoms with Crippen LogP contribution in [0.3, 0.4) is 0 Å². The van der Waals surface area contributed by atoms with Crippen molar-refractivity contribution >= 4 is 17.5 Å². The molecule has 1 aromatic heterocycles. The molecule has 1 fully saturated rings. The number of ether oxygens (including phenoxy) is 1. The first kappa shape index (κ1) is 20.2. The van der Waals surface area contributed by atoms with Crippen molar-refractivity contribution in [2.24, 2.45) is 0 Å². The first-order chi connectivity index (χ1) is 13.4. The summed E-state index contributed by atoms with van der Waals surface area (Å²) in [4.78, 5) is 23.2. The summed E-state index contributed by atoms with van der Waals surface area (Å²) in [6.45, 7) is 11.7. The second-order valence-corrected chi connectivity index (χ2v) is 7.96. The van der Waals surface area contributed by atoms with E-state index >= 15 is 0 Å². The van der Waals surface area contributed by atoms with Crippen LogP contribution in [0.2, 0.25) is 0 Å². The molecule has 1 saturated heterocycles. The van der Waals surface area contributed by atoms with E-state index in [4.69, 9.17) is 4.74 Å². The molecule has 1 aromatic carbocycles.